The molecule has 0 saturated carbocycles. The van der Waals surface area contributed by atoms with Crippen LogP contribution in [0.15, 0.2) is 18.2 Å². The quantitative estimate of drug-likeness (QED) is 0.792. The van der Waals surface area contributed by atoms with E-state index in [1.54, 1.807) is 0 Å². The van der Waals surface area contributed by atoms with Gasteiger partial charge in [-0.25, -0.2) is 8.78 Å². The summed E-state index contributed by atoms with van der Waals surface area (Å²) in [5.74, 6) is -1.19. The molecule has 0 aliphatic carbocycles. The van der Waals surface area contributed by atoms with Gasteiger partial charge in [0, 0.05) is 6.07 Å². The highest BCUT2D eigenvalue weighted by molar-refractivity contribution is 5.18. The van der Waals surface area contributed by atoms with Gasteiger partial charge < -0.3 is 5.11 Å². The van der Waals surface area contributed by atoms with Crippen molar-refractivity contribution < 1.29 is 13.9 Å². The molecular formula is C11H14F2O. The first-order chi connectivity index (χ1) is 6.61. The molecule has 1 aromatic carbocycles. The molecule has 0 spiro atoms. The van der Waals surface area contributed by atoms with Gasteiger partial charge in [0.15, 0.2) is 0 Å². The molecule has 0 aromatic heterocycles. The van der Waals surface area contributed by atoms with Crippen molar-refractivity contribution in [3.8, 4) is 0 Å². The minimum absolute atomic E-state index is 0.308. The molecule has 0 radical (unpaired) electrons. The Morgan fingerprint density at radius 3 is 2.29 bits per heavy atom. The summed E-state index contributed by atoms with van der Waals surface area (Å²) < 4.78 is 25.5. The molecule has 0 heterocycles. The number of hydrogen-bond acceptors (Lipinski definition) is 1. The van der Waals surface area contributed by atoms with E-state index in [4.69, 9.17) is 0 Å². The summed E-state index contributed by atoms with van der Waals surface area (Å²) in [7, 11) is 0. The van der Waals surface area contributed by atoms with Gasteiger partial charge in [0.05, 0.1) is 6.10 Å². The van der Waals surface area contributed by atoms with Crippen molar-refractivity contribution in [1.82, 2.24) is 0 Å². The fourth-order valence-electron chi connectivity index (χ4n) is 1.44. The molecule has 78 valence electrons. The van der Waals surface area contributed by atoms with Gasteiger partial charge in [-0.15, -0.1) is 0 Å². The first kappa shape index (κ1) is 11.1. The zero-order valence-corrected chi connectivity index (χ0v) is 8.13. The number of benzene rings is 1. The van der Waals surface area contributed by atoms with Crippen LogP contribution in [0.2, 0.25) is 0 Å². The second kappa shape index (κ2) is 5.05. The minimum Gasteiger partial charge on any atom is -0.393 e. The fraction of sp³-hybridized carbons (Fsp3) is 0.455. The zero-order valence-electron chi connectivity index (χ0n) is 8.13. The lowest BCUT2D eigenvalue weighted by molar-refractivity contribution is 0.163. The lowest BCUT2D eigenvalue weighted by Gasteiger charge is -2.08. The Bertz CT molecular complexity index is 279. The highest BCUT2D eigenvalue weighted by Gasteiger charge is 2.06. The highest BCUT2D eigenvalue weighted by Crippen LogP contribution is 2.11. The summed E-state index contributed by atoms with van der Waals surface area (Å²) in [6.45, 7) is 1.95. The van der Waals surface area contributed by atoms with Gasteiger partial charge >= 0.3 is 0 Å². The van der Waals surface area contributed by atoms with Crippen LogP contribution in [0, 0.1) is 11.6 Å². The third kappa shape index (κ3) is 3.42. The van der Waals surface area contributed by atoms with Crippen LogP contribution < -0.4 is 0 Å². The summed E-state index contributed by atoms with van der Waals surface area (Å²) in [5.41, 5.74) is 0.503. The summed E-state index contributed by atoms with van der Waals surface area (Å²) >= 11 is 0. The average Bonchev–Trinajstić information content (AvgIpc) is 2.01. The van der Waals surface area contributed by atoms with Crippen LogP contribution in [-0.2, 0) is 6.42 Å². The molecule has 1 N–H and O–H groups in total. The van der Waals surface area contributed by atoms with Crippen LogP contribution in [-0.4, -0.2) is 11.2 Å². The van der Waals surface area contributed by atoms with Crippen molar-refractivity contribution in [3.63, 3.8) is 0 Å². The number of aliphatic hydroxyl groups excluding tert-OH is 1. The predicted molar refractivity (Wildman–Crippen MR) is 51.0 cm³/mol. The lowest BCUT2D eigenvalue weighted by atomic mass is 10.0. The number of halogens is 2. The molecule has 0 amide bonds. The van der Waals surface area contributed by atoms with Crippen molar-refractivity contribution in [3.05, 3.63) is 35.4 Å². The van der Waals surface area contributed by atoms with E-state index in [-0.39, 0.29) is 0 Å². The van der Waals surface area contributed by atoms with Crippen molar-refractivity contribution >= 4 is 0 Å². The molecule has 3 heteroatoms. The maximum absolute atomic E-state index is 12.7. The van der Waals surface area contributed by atoms with E-state index >= 15 is 0 Å². The van der Waals surface area contributed by atoms with Gasteiger partial charge in [-0.05, 0) is 30.5 Å². The van der Waals surface area contributed by atoms with Gasteiger partial charge in [0.25, 0.3) is 0 Å². The molecule has 1 aromatic rings. The first-order valence-electron chi connectivity index (χ1n) is 4.75. The standard InChI is InChI=1S/C11H14F2O/c1-2-3-11(14)6-8-4-9(12)7-10(13)5-8/h4-5,7,11,14H,2-3,6H2,1H3/t11-/m0/s1. The van der Waals surface area contributed by atoms with Gasteiger partial charge in [0.2, 0.25) is 0 Å². The van der Waals surface area contributed by atoms with E-state index < -0.39 is 17.7 Å². The second-order valence-electron chi connectivity index (χ2n) is 3.42. The second-order valence-corrected chi connectivity index (χ2v) is 3.42. The van der Waals surface area contributed by atoms with E-state index in [1.165, 1.54) is 12.1 Å². The van der Waals surface area contributed by atoms with E-state index in [2.05, 4.69) is 0 Å². The largest absolute Gasteiger partial charge is 0.393 e. The molecule has 0 saturated heterocycles. The Labute approximate surface area is 82.4 Å². The van der Waals surface area contributed by atoms with Gasteiger partial charge in [-0.3, -0.25) is 0 Å². The Kier molecular flexibility index (Phi) is 4.01. The van der Waals surface area contributed by atoms with Crippen LogP contribution in [0.3, 0.4) is 0 Å². The third-order valence-corrected chi connectivity index (χ3v) is 2.02. The van der Waals surface area contributed by atoms with Crippen LogP contribution in [0.25, 0.3) is 0 Å². The van der Waals surface area contributed by atoms with Crippen molar-refractivity contribution in [1.29, 1.82) is 0 Å². The Hall–Kier alpha value is -0.960. The van der Waals surface area contributed by atoms with E-state index in [0.717, 1.165) is 12.5 Å². The van der Waals surface area contributed by atoms with Crippen molar-refractivity contribution in [2.24, 2.45) is 0 Å². The summed E-state index contributed by atoms with van der Waals surface area (Å²) in [5, 5.41) is 9.44. The topological polar surface area (TPSA) is 20.2 Å². The molecule has 0 aliphatic heterocycles. The van der Waals surface area contributed by atoms with Crippen LogP contribution >= 0.6 is 0 Å². The van der Waals surface area contributed by atoms with E-state index in [9.17, 15) is 13.9 Å². The number of aliphatic hydroxyl groups is 1. The Morgan fingerprint density at radius 2 is 1.79 bits per heavy atom. The van der Waals surface area contributed by atoms with Crippen molar-refractivity contribution in [2.45, 2.75) is 32.3 Å². The third-order valence-electron chi connectivity index (χ3n) is 2.02. The average molecular weight is 200 g/mol. The minimum atomic E-state index is -0.594. The monoisotopic (exact) mass is 200 g/mol. The molecule has 0 unspecified atom stereocenters. The van der Waals surface area contributed by atoms with Gasteiger partial charge in [0.1, 0.15) is 11.6 Å². The Morgan fingerprint density at radius 1 is 1.21 bits per heavy atom. The number of hydrogen-bond donors (Lipinski definition) is 1. The maximum Gasteiger partial charge on any atom is 0.126 e. The summed E-state index contributed by atoms with van der Waals surface area (Å²) in [4.78, 5) is 0. The number of rotatable bonds is 4. The first-order valence-corrected chi connectivity index (χ1v) is 4.75. The van der Waals surface area contributed by atoms with Gasteiger partial charge in [-0.1, -0.05) is 13.3 Å². The summed E-state index contributed by atoms with van der Waals surface area (Å²) in [6, 6.07) is 3.33. The van der Waals surface area contributed by atoms with Gasteiger partial charge in [-0.2, -0.15) is 0 Å². The van der Waals surface area contributed by atoms with Crippen LogP contribution in [0.1, 0.15) is 25.3 Å². The van der Waals surface area contributed by atoms with Crippen molar-refractivity contribution in [2.75, 3.05) is 0 Å². The molecule has 14 heavy (non-hydrogen) atoms. The lowest BCUT2D eigenvalue weighted by Crippen LogP contribution is -2.10. The fourth-order valence-corrected chi connectivity index (χ4v) is 1.44. The van der Waals surface area contributed by atoms with Crippen LogP contribution in [0.4, 0.5) is 8.78 Å². The molecule has 0 bridgehead atoms. The summed E-state index contributed by atoms with van der Waals surface area (Å²) in [6.07, 6.45) is 1.31. The normalized spacial score (nSPS) is 12.9. The molecule has 1 atom stereocenters. The molecule has 1 rings (SSSR count). The SMILES string of the molecule is CCC[C@H](O)Cc1cc(F)cc(F)c1. The smallest absolute Gasteiger partial charge is 0.126 e. The van der Waals surface area contributed by atoms with E-state index in [0.29, 0.717) is 18.4 Å². The molecule has 0 aliphatic rings. The van der Waals surface area contributed by atoms with E-state index in [1.807, 2.05) is 6.92 Å². The zero-order chi connectivity index (χ0) is 10.6. The molecular weight excluding hydrogens is 186 g/mol. The predicted octanol–water partition coefficient (Wildman–Crippen LogP) is 2.67. The highest BCUT2D eigenvalue weighted by atomic mass is 19.1. The van der Waals surface area contributed by atoms with Crippen LogP contribution in [0.5, 0.6) is 0 Å². The maximum atomic E-state index is 12.7. The molecule has 0 fully saturated rings. The Balaban J connectivity index is 2.66. The molecule has 1 nitrogen and oxygen atoms in total.